The average Bonchev–Trinajstić information content (AvgIpc) is 2.30. The second-order valence-electron chi connectivity index (χ2n) is 3.32. The van der Waals surface area contributed by atoms with Gasteiger partial charge in [-0.3, -0.25) is 4.79 Å². The maximum absolute atomic E-state index is 11.8. The molecule has 84 valence electrons. The van der Waals surface area contributed by atoms with Gasteiger partial charge in [0.2, 0.25) is 0 Å². The molecule has 0 radical (unpaired) electrons. The summed E-state index contributed by atoms with van der Waals surface area (Å²) in [6.45, 7) is 2.84. The molecule has 0 fully saturated rings. The third kappa shape index (κ3) is 3.03. The molecule has 3 nitrogen and oxygen atoms in total. The Morgan fingerprint density at radius 1 is 1.44 bits per heavy atom. The first-order chi connectivity index (χ1) is 7.69. The lowest BCUT2D eigenvalue weighted by atomic mass is 10.2. The van der Waals surface area contributed by atoms with Crippen molar-refractivity contribution >= 4 is 5.91 Å². The molecule has 0 spiro atoms. The summed E-state index contributed by atoms with van der Waals surface area (Å²) < 4.78 is 5.29. The summed E-state index contributed by atoms with van der Waals surface area (Å²) in [4.78, 5) is 13.3. The Labute approximate surface area is 96.0 Å². The Balaban J connectivity index is 2.74. The standard InChI is InChI=1S/C13H15NO2/c1-4-10-14(3)13(15)11-6-8-12(9-7-11)16-5-2/h1,6-9H,5,10H2,2-3H3. The van der Waals surface area contributed by atoms with Gasteiger partial charge in [-0.2, -0.15) is 0 Å². The lowest BCUT2D eigenvalue weighted by Gasteiger charge is -2.13. The fraction of sp³-hybridized carbons (Fsp3) is 0.308. The van der Waals surface area contributed by atoms with Crippen LogP contribution in [0.4, 0.5) is 0 Å². The summed E-state index contributed by atoms with van der Waals surface area (Å²) in [5.41, 5.74) is 0.612. The molecule has 0 unspecified atom stereocenters. The number of rotatable bonds is 4. The number of carbonyl (C=O) groups excluding carboxylic acids is 1. The smallest absolute Gasteiger partial charge is 0.254 e. The van der Waals surface area contributed by atoms with Crippen molar-refractivity contribution in [3.63, 3.8) is 0 Å². The number of ether oxygens (including phenoxy) is 1. The predicted molar refractivity (Wildman–Crippen MR) is 63.4 cm³/mol. The fourth-order valence-electron chi connectivity index (χ4n) is 1.29. The topological polar surface area (TPSA) is 29.5 Å². The zero-order chi connectivity index (χ0) is 12.0. The number of terminal acetylenes is 1. The number of nitrogens with zero attached hydrogens (tertiary/aromatic N) is 1. The highest BCUT2D eigenvalue weighted by Crippen LogP contribution is 2.13. The number of hydrogen-bond donors (Lipinski definition) is 0. The van der Waals surface area contributed by atoms with Gasteiger partial charge in [0, 0.05) is 12.6 Å². The van der Waals surface area contributed by atoms with Gasteiger partial charge in [0.15, 0.2) is 0 Å². The van der Waals surface area contributed by atoms with E-state index in [1.807, 2.05) is 6.92 Å². The highest BCUT2D eigenvalue weighted by Gasteiger charge is 2.09. The zero-order valence-electron chi connectivity index (χ0n) is 9.56. The molecule has 1 rings (SSSR count). The van der Waals surface area contributed by atoms with Gasteiger partial charge in [0.05, 0.1) is 13.2 Å². The quantitative estimate of drug-likeness (QED) is 0.720. The average molecular weight is 217 g/mol. The molecule has 0 aliphatic rings. The van der Waals surface area contributed by atoms with Crippen LogP contribution in [0.15, 0.2) is 24.3 Å². The Morgan fingerprint density at radius 3 is 2.56 bits per heavy atom. The van der Waals surface area contributed by atoms with Crippen LogP contribution in [0.5, 0.6) is 5.75 Å². The molecule has 0 N–H and O–H groups in total. The van der Waals surface area contributed by atoms with E-state index >= 15 is 0 Å². The molecule has 3 heteroatoms. The Bertz CT molecular complexity index is 389. The maximum Gasteiger partial charge on any atom is 0.254 e. The van der Waals surface area contributed by atoms with E-state index in [-0.39, 0.29) is 5.91 Å². The van der Waals surface area contributed by atoms with Crippen LogP contribution in [0.25, 0.3) is 0 Å². The molecule has 0 saturated carbocycles. The van der Waals surface area contributed by atoms with Crippen molar-refractivity contribution in [2.75, 3.05) is 20.2 Å². The van der Waals surface area contributed by atoms with Gasteiger partial charge in [-0.1, -0.05) is 5.92 Å². The van der Waals surface area contributed by atoms with Crippen molar-refractivity contribution in [1.82, 2.24) is 4.90 Å². The summed E-state index contributed by atoms with van der Waals surface area (Å²) in [5, 5.41) is 0. The van der Waals surface area contributed by atoms with Crippen LogP contribution in [0.1, 0.15) is 17.3 Å². The minimum Gasteiger partial charge on any atom is -0.494 e. The molecule has 0 aliphatic heterocycles. The zero-order valence-corrected chi connectivity index (χ0v) is 9.56. The highest BCUT2D eigenvalue weighted by atomic mass is 16.5. The SMILES string of the molecule is C#CCN(C)C(=O)c1ccc(OCC)cc1. The van der Waals surface area contributed by atoms with Crippen LogP contribution in [-0.4, -0.2) is 31.0 Å². The van der Waals surface area contributed by atoms with Crippen LogP contribution in [0.2, 0.25) is 0 Å². The maximum atomic E-state index is 11.8. The van der Waals surface area contributed by atoms with Crippen molar-refractivity contribution in [1.29, 1.82) is 0 Å². The molecule has 16 heavy (non-hydrogen) atoms. The number of benzene rings is 1. The van der Waals surface area contributed by atoms with Gasteiger partial charge < -0.3 is 9.64 Å². The summed E-state index contributed by atoms with van der Waals surface area (Å²) in [5.74, 6) is 3.11. The molecular weight excluding hydrogens is 202 g/mol. The van der Waals surface area contributed by atoms with Crippen LogP contribution in [0.3, 0.4) is 0 Å². The molecule has 0 aromatic heterocycles. The molecule has 0 atom stereocenters. The largest absolute Gasteiger partial charge is 0.494 e. The van der Waals surface area contributed by atoms with Gasteiger partial charge in [0.1, 0.15) is 5.75 Å². The molecular formula is C13H15NO2. The lowest BCUT2D eigenvalue weighted by molar-refractivity contribution is 0.0812. The summed E-state index contributed by atoms with van der Waals surface area (Å²) in [7, 11) is 1.68. The monoisotopic (exact) mass is 217 g/mol. The van der Waals surface area contributed by atoms with E-state index < -0.39 is 0 Å². The number of amides is 1. The molecule has 0 aliphatic carbocycles. The third-order valence-electron chi connectivity index (χ3n) is 2.09. The summed E-state index contributed by atoms with van der Waals surface area (Å²) in [6, 6.07) is 7.03. The van der Waals surface area contributed by atoms with E-state index in [1.54, 1.807) is 31.3 Å². The summed E-state index contributed by atoms with van der Waals surface area (Å²) >= 11 is 0. The summed E-state index contributed by atoms with van der Waals surface area (Å²) in [6.07, 6.45) is 5.15. The third-order valence-corrected chi connectivity index (χ3v) is 2.09. The molecule has 0 heterocycles. The van der Waals surface area contributed by atoms with E-state index in [4.69, 9.17) is 11.2 Å². The van der Waals surface area contributed by atoms with Gasteiger partial charge >= 0.3 is 0 Å². The first-order valence-electron chi connectivity index (χ1n) is 5.10. The van der Waals surface area contributed by atoms with Crippen LogP contribution in [-0.2, 0) is 0 Å². The van der Waals surface area contributed by atoms with Crippen molar-refractivity contribution in [2.45, 2.75) is 6.92 Å². The van der Waals surface area contributed by atoms with Crippen LogP contribution >= 0.6 is 0 Å². The molecule has 1 aromatic rings. The first-order valence-corrected chi connectivity index (χ1v) is 5.10. The van der Waals surface area contributed by atoms with Gasteiger partial charge in [-0.25, -0.2) is 0 Å². The van der Waals surface area contributed by atoms with Crippen molar-refractivity contribution in [2.24, 2.45) is 0 Å². The van der Waals surface area contributed by atoms with Gasteiger partial charge in [-0.15, -0.1) is 6.42 Å². The van der Waals surface area contributed by atoms with Gasteiger partial charge in [-0.05, 0) is 31.2 Å². The van der Waals surface area contributed by atoms with Crippen molar-refractivity contribution < 1.29 is 9.53 Å². The first kappa shape index (κ1) is 12.1. The predicted octanol–water partition coefficient (Wildman–Crippen LogP) is 1.79. The molecule has 1 aromatic carbocycles. The van der Waals surface area contributed by atoms with Crippen LogP contribution in [0, 0.1) is 12.3 Å². The van der Waals surface area contributed by atoms with E-state index in [1.165, 1.54) is 4.90 Å². The van der Waals surface area contributed by atoms with Crippen LogP contribution < -0.4 is 4.74 Å². The van der Waals surface area contributed by atoms with E-state index in [9.17, 15) is 4.79 Å². The number of carbonyl (C=O) groups is 1. The Kier molecular flexibility index (Phi) is 4.41. The fourth-order valence-corrected chi connectivity index (χ4v) is 1.29. The molecule has 0 saturated heterocycles. The van der Waals surface area contributed by atoms with Crippen molar-refractivity contribution in [3.8, 4) is 18.1 Å². The van der Waals surface area contributed by atoms with E-state index in [2.05, 4.69) is 5.92 Å². The Hall–Kier alpha value is -1.95. The molecule has 0 bridgehead atoms. The lowest BCUT2D eigenvalue weighted by Crippen LogP contribution is -2.26. The second-order valence-corrected chi connectivity index (χ2v) is 3.32. The highest BCUT2D eigenvalue weighted by molar-refractivity contribution is 5.94. The molecule has 1 amide bonds. The van der Waals surface area contributed by atoms with E-state index in [0.717, 1.165) is 5.75 Å². The minimum atomic E-state index is -0.0824. The number of hydrogen-bond acceptors (Lipinski definition) is 2. The minimum absolute atomic E-state index is 0.0824. The van der Waals surface area contributed by atoms with Crippen molar-refractivity contribution in [3.05, 3.63) is 29.8 Å². The second kappa shape index (κ2) is 5.82. The van der Waals surface area contributed by atoms with Gasteiger partial charge in [0.25, 0.3) is 5.91 Å². The van der Waals surface area contributed by atoms with E-state index in [0.29, 0.717) is 18.7 Å². The Morgan fingerprint density at radius 2 is 2.06 bits per heavy atom. The normalized spacial score (nSPS) is 9.31.